The second-order valence-electron chi connectivity index (χ2n) is 7.60. The summed E-state index contributed by atoms with van der Waals surface area (Å²) in [6, 6.07) is 6.41. The Kier molecular flexibility index (Phi) is 5.57. The number of hydrogen-bond donors (Lipinski definition) is 4. The molecule has 4 N–H and O–H groups in total. The smallest absolute Gasteiger partial charge is 0.216 e. The van der Waals surface area contributed by atoms with Crippen LogP contribution in [0.2, 0.25) is 0 Å². The molecule has 4 rings (SSSR count). The maximum absolute atomic E-state index is 13.0. The van der Waals surface area contributed by atoms with Crippen molar-refractivity contribution in [2.45, 2.75) is 38.1 Å². The number of benzene rings is 1. The lowest BCUT2D eigenvalue weighted by atomic mass is 9.88. The molecule has 0 amide bonds. The van der Waals surface area contributed by atoms with E-state index in [1.54, 1.807) is 18.4 Å². The van der Waals surface area contributed by atoms with Crippen LogP contribution in [0.15, 0.2) is 71.5 Å². The Morgan fingerprint density at radius 3 is 2.71 bits per heavy atom. The van der Waals surface area contributed by atoms with E-state index in [9.17, 15) is 9.50 Å². The summed E-state index contributed by atoms with van der Waals surface area (Å²) in [6.45, 7) is 4.42. The Morgan fingerprint density at radius 1 is 1.21 bits per heavy atom. The van der Waals surface area contributed by atoms with Crippen molar-refractivity contribution in [3.05, 3.63) is 82.9 Å². The second kappa shape index (κ2) is 7.62. The summed E-state index contributed by atoms with van der Waals surface area (Å²) < 4.78 is 18.6. The minimum absolute atomic E-state index is 0. The van der Waals surface area contributed by atoms with Crippen LogP contribution in [0, 0.1) is 5.82 Å². The molecule has 0 aromatic heterocycles. The lowest BCUT2D eigenvalue weighted by Crippen LogP contribution is -2.75. The van der Waals surface area contributed by atoms with E-state index in [1.807, 2.05) is 32.1 Å². The van der Waals surface area contributed by atoms with Gasteiger partial charge in [0, 0.05) is 30.3 Å². The number of aliphatic hydroxyl groups is 1. The maximum Gasteiger partial charge on any atom is 0.216 e. The Balaban J connectivity index is 0.00000225. The number of rotatable bonds is 4. The van der Waals surface area contributed by atoms with E-state index in [4.69, 9.17) is 4.74 Å². The van der Waals surface area contributed by atoms with E-state index in [-0.39, 0.29) is 18.2 Å². The SMILES string of the molecule is CC1(C)NC2=C(C=C3OC=CC=C3C2)N[C@]1(O)NCCc1ccc(F)cc1.Cl. The monoisotopic (exact) mass is 405 g/mol. The zero-order valence-corrected chi connectivity index (χ0v) is 16.7. The van der Waals surface area contributed by atoms with Crippen molar-refractivity contribution in [1.82, 2.24) is 16.0 Å². The van der Waals surface area contributed by atoms with Gasteiger partial charge in [0.1, 0.15) is 11.6 Å². The maximum atomic E-state index is 13.0. The third-order valence-electron chi connectivity index (χ3n) is 5.25. The molecule has 0 saturated carbocycles. The van der Waals surface area contributed by atoms with Crippen LogP contribution >= 0.6 is 12.4 Å². The summed E-state index contributed by atoms with van der Waals surface area (Å²) in [4.78, 5) is 0. The van der Waals surface area contributed by atoms with Gasteiger partial charge in [0.2, 0.25) is 5.85 Å². The standard InChI is InChI=1S/C21H24FN3O2.ClH/c1-20(2)21(26,23-10-9-14-5-7-16(22)8-6-14)25-18-13-19-15(4-3-11-27-19)12-17(18)24-20;/h3-8,11,13,23-26H,9-10,12H2,1-2H3;1H/t21-;/m1./s1. The van der Waals surface area contributed by atoms with E-state index in [2.05, 4.69) is 16.0 Å². The normalized spacial score (nSPS) is 24.4. The first-order valence-electron chi connectivity index (χ1n) is 9.12. The molecule has 1 atom stereocenters. The number of hydrogen-bond acceptors (Lipinski definition) is 5. The van der Waals surface area contributed by atoms with Gasteiger partial charge in [0.25, 0.3) is 0 Å². The summed E-state index contributed by atoms with van der Waals surface area (Å²) in [6.07, 6.45) is 8.86. The van der Waals surface area contributed by atoms with Gasteiger partial charge in [-0.25, -0.2) is 4.39 Å². The molecule has 150 valence electrons. The van der Waals surface area contributed by atoms with E-state index >= 15 is 0 Å². The highest BCUT2D eigenvalue weighted by atomic mass is 35.5. The summed E-state index contributed by atoms with van der Waals surface area (Å²) in [5.74, 6) is -0.809. The van der Waals surface area contributed by atoms with Crippen LogP contribution in [-0.2, 0) is 11.2 Å². The Hall–Kier alpha value is -2.28. The largest absolute Gasteiger partial charge is 0.465 e. The summed E-state index contributed by atoms with van der Waals surface area (Å²) in [7, 11) is 0. The van der Waals surface area contributed by atoms with Crippen molar-refractivity contribution < 1.29 is 14.2 Å². The van der Waals surface area contributed by atoms with Crippen molar-refractivity contribution in [3.63, 3.8) is 0 Å². The molecule has 0 unspecified atom stereocenters. The third kappa shape index (κ3) is 3.81. The van der Waals surface area contributed by atoms with Gasteiger partial charge in [-0.3, -0.25) is 5.32 Å². The summed E-state index contributed by atoms with van der Waals surface area (Å²) in [5, 5.41) is 21.2. The van der Waals surface area contributed by atoms with Crippen LogP contribution in [0.1, 0.15) is 25.8 Å². The zero-order valence-electron chi connectivity index (χ0n) is 15.9. The first-order valence-corrected chi connectivity index (χ1v) is 9.12. The molecule has 28 heavy (non-hydrogen) atoms. The molecule has 0 spiro atoms. The van der Waals surface area contributed by atoms with Gasteiger partial charge in [-0.1, -0.05) is 18.2 Å². The first kappa shape index (κ1) is 20.5. The second-order valence-corrected chi connectivity index (χ2v) is 7.60. The molecular formula is C21H25ClFN3O2. The Bertz CT molecular complexity index is 874. The van der Waals surface area contributed by atoms with Crippen LogP contribution in [0.25, 0.3) is 0 Å². The van der Waals surface area contributed by atoms with Crippen LogP contribution in [0.4, 0.5) is 4.39 Å². The number of ether oxygens (including phenoxy) is 1. The van der Waals surface area contributed by atoms with Gasteiger partial charge in [-0.15, -0.1) is 12.4 Å². The van der Waals surface area contributed by atoms with Crippen molar-refractivity contribution in [1.29, 1.82) is 0 Å². The highest BCUT2D eigenvalue weighted by Crippen LogP contribution is 2.35. The molecule has 5 nitrogen and oxygen atoms in total. The van der Waals surface area contributed by atoms with Crippen LogP contribution in [0.5, 0.6) is 0 Å². The van der Waals surface area contributed by atoms with Gasteiger partial charge in [-0.05, 0) is 44.0 Å². The van der Waals surface area contributed by atoms with Gasteiger partial charge in [0.05, 0.1) is 17.5 Å². The van der Waals surface area contributed by atoms with E-state index in [0.717, 1.165) is 28.3 Å². The van der Waals surface area contributed by atoms with Crippen molar-refractivity contribution in [2.24, 2.45) is 0 Å². The lowest BCUT2D eigenvalue weighted by Gasteiger charge is -2.50. The predicted molar refractivity (Wildman–Crippen MR) is 109 cm³/mol. The average molecular weight is 406 g/mol. The quantitative estimate of drug-likeness (QED) is 0.580. The van der Waals surface area contributed by atoms with Crippen molar-refractivity contribution in [2.75, 3.05) is 6.54 Å². The van der Waals surface area contributed by atoms with Crippen LogP contribution in [0.3, 0.4) is 0 Å². The molecular weight excluding hydrogens is 381 g/mol. The first-order chi connectivity index (χ1) is 12.9. The highest BCUT2D eigenvalue weighted by molar-refractivity contribution is 5.85. The Morgan fingerprint density at radius 2 is 1.96 bits per heavy atom. The molecule has 1 aromatic rings. The highest BCUT2D eigenvalue weighted by Gasteiger charge is 2.48. The number of nitrogens with one attached hydrogen (secondary N) is 3. The molecule has 2 aliphatic heterocycles. The van der Waals surface area contributed by atoms with E-state index < -0.39 is 11.4 Å². The van der Waals surface area contributed by atoms with Crippen molar-refractivity contribution >= 4 is 12.4 Å². The molecule has 0 saturated heterocycles. The minimum Gasteiger partial charge on any atom is -0.465 e. The molecule has 1 aromatic carbocycles. The van der Waals surface area contributed by atoms with Crippen molar-refractivity contribution in [3.8, 4) is 0 Å². The molecule has 0 bridgehead atoms. The third-order valence-corrected chi connectivity index (χ3v) is 5.25. The Labute approximate surface area is 170 Å². The van der Waals surface area contributed by atoms with Crippen LogP contribution in [-0.4, -0.2) is 23.0 Å². The fourth-order valence-corrected chi connectivity index (χ4v) is 3.55. The predicted octanol–water partition coefficient (Wildman–Crippen LogP) is 2.97. The molecule has 3 aliphatic rings. The van der Waals surface area contributed by atoms with Gasteiger partial charge in [-0.2, -0.15) is 0 Å². The van der Waals surface area contributed by atoms with E-state index in [1.165, 1.54) is 12.1 Å². The van der Waals surface area contributed by atoms with Gasteiger partial charge in [0.15, 0.2) is 0 Å². The topological polar surface area (TPSA) is 65.5 Å². The van der Waals surface area contributed by atoms with Gasteiger partial charge >= 0.3 is 0 Å². The van der Waals surface area contributed by atoms with Crippen LogP contribution < -0.4 is 16.0 Å². The number of halogens is 2. The number of allylic oxidation sites excluding steroid dienone is 5. The average Bonchev–Trinajstić information content (AvgIpc) is 2.63. The fourth-order valence-electron chi connectivity index (χ4n) is 3.55. The van der Waals surface area contributed by atoms with Gasteiger partial charge < -0.3 is 20.5 Å². The summed E-state index contributed by atoms with van der Waals surface area (Å²) in [5.41, 5.74) is 3.31. The fraction of sp³-hybridized carbons (Fsp3) is 0.333. The molecule has 0 fully saturated rings. The summed E-state index contributed by atoms with van der Waals surface area (Å²) >= 11 is 0. The van der Waals surface area contributed by atoms with E-state index in [0.29, 0.717) is 19.4 Å². The molecule has 1 aliphatic carbocycles. The molecule has 0 radical (unpaired) electrons. The molecule has 2 heterocycles. The molecule has 7 heteroatoms. The number of fused-ring (bicyclic) bond motifs is 1. The minimum atomic E-state index is -1.35. The lowest BCUT2D eigenvalue weighted by molar-refractivity contribution is -0.0911. The zero-order chi connectivity index (χ0) is 19.1.